The van der Waals surface area contributed by atoms with Crippen LogP contribution in [0.4, 0.5) is 0 Å². The first-order valence-corrected chi connectivity index (χ1v) is 5.11. The van der Waals surface area contributed by atoms with E-state index in [4.69, 9.17) is 32.7 Å². The Morgan fingerprint density at radius 2 is 2.21 bits per heavy atom. The lowest BCUT2D eigenvalue weighted by Crippen LogP contribution is -2.08. The average molecular weight is 235 g/mol. The summed E-state index contributed by atoms with van der Waals surface area (Å²) in [6, 6.07) is 7.44. The molecular formula is C10H12Cl2O2. The van der Waals surface area contributed by atoms with Crippen molar-refractivity contribution in [1.82, 2.24) is 0 Å². The van der Waals surface area contributed by atoms with Crippen molar-refractivity contribution in [2.75, 3.05) is 19.8 Å². The molecule has 1 atom stereocenters. The summed E-state index contributed by atoms with van der Waals surface area (Å²) in [5, 5.41) is 0.679. The molecule has 78 valence electrons. The summed E-state index contributed by atoms with van der Waals surface area (Å²) in [4.78, 5) is 0. The molecule has 0 aromatic heterocycles. The van der Waals surface area contributed by atoms with Gasteiger partial charge in [-0.3, -0.25) is 0 Å². The molecule has 0 spiro atoms. The first-order valence-electron chi connectivity index (χ1n) is 4.20. The molecule has 0 aliphatic heterocycles. The highest BCUT2D eigenvalue weighted by molar-refractivity contribution is 6.30. The summed E-state index contributed by atoms with van der Waals surface area (Å²) in [5.74, 6) is 0.379. The summed E-state index contributed by atoms with van der Waals surface area (Å²) in [6.07, 6.45) is -0.171. The second-order valence-corrected chi connectivity index (χ2v) is 3.52. The maximum atomic E-state index is 5.85. The maximum Gasteiger partial charge on any atom is 0.147 e. The maximum absolute atomic E-state index is 5.85. The zero-order chi connectivity index (χ0) is 10.4. The minimum Gasteiger partial charge on any atom is -0.359 e. The highest BCUT2D eigenvalue weighted by atomic mass is 35.5. The predicted molar refractivity (Wildman–Crippen MR) is 57.9 cm³/mol. The van der Waals surface area contributed by atoms with E-state index in [2.05, 4.69) is 0 Å². The quantitative estimate of drug-likeness (QED) is 0.576. The fraction of sp³-hybridized carbons (Fsp3) is 0.400. The van der Waals surface area contributed by atoms with Crippen molar-refractivity contribution in [2.45, 2.75) is 6.10 Å². The minimum atomic E-state index is -0.171. The van der Waals surface area contributed by atoms with E-state index in [-0.39, 0.29) is 12.9 Å². The van der Waals surface area contributed by atoms with Gasteiger partial charge in [0.15, 0.2) is 0 Å². The normalized spacial score (nSPS) is 12.8. The van der Waals surface area contributed by atoms with Gasteiger partial charge in [-0.1, -0.05) is 23.7 Å². The molecule has 0 aliphatic rings. The zero-order valence-electron chi connectivity index (χ0n) is 7.87. The molecule has 0 N–H and O–H groups in total. The van der Waals surface area contributed by atoms with Crippen molar-refractivity contribution in [3.05, 3.63) is 34.9 Å². The fourth-order valence-electron chi connectivity index (χ4n) is 1.09. The lowest BCUT2D eigenvalue weighted by atomic mass is 10.1. The van der Waals surface area contributed by atoms with Gasteiger partial charge in [-0.25, -0.2) is 0 Å². The van der Waals surface area contributed by atoms with Crippen LogP contribution < -0.4 is 0 Å². The Balaban J connectivity index is 2.68. The molecule has 0 fully saturated rings. The molecule has 0 bridgehead atoms. The van der Waals surface area contributed by atoms with Crippen molar-refractivity contribution < 1.29 is 9.47 Å². The minimum absolute atomic E-state index is 0.171. The third-order valence-electron chi connectivity index (χ3n) is 1.75. The number of hydrogen-bond acceptors (Lipinski definition) is 2. The molecule has 0 amide bonds. The van der Waals surface area contributed by atoms with Crippen LogP contribution in [0.15, 0.2) is 24.3 Å². The van der Waals surface area contributed by atoms with Crippen molar-refractivity contribution in [2.24, 2.45) is 0 Å². The van der Waals surface area contributed by atoms with Gasteiger partial charge in [0.1, 0.15) is 6.79 Å². The van der Waals surface area contributed by atoms with Gasteiger partial charge in [-0.2, -0.15) is 0 Å². The second kappa shape index (κ2) is 6.25. The molecule has 1 unspecified atom stereocenters. The second-order valence-electron chi connectivity index (χ2n) is 2.77. The molecule has 0 saturated carbocycles. The van der Waals surface area contributed by atoms with E-state index in [9.17, 15) is 0 Å². The zero-order valence-corrected chi connectivity index (χ0v) is 9.39. The molecule has 0 heterocycles. The van der Waals surface area contributed by atoms with E-state index < -0.39 is 0 Å². The third kappa shape index (κ3) is 3.46. The molecule has 14 heavy (non-hydrogen) atoms. The summed E-state index contributed by atoms with van der Waals surface area (Å²) >= 11 is 11.6. The average Bonchev–Trinajstić information content (AvgIpc) is 2.19. The van der Waals surface area contributed by atoms with Crippen LogP contribution in [0.3, 0.4) is 0 Å². The highest BCUT2D eigenvalue weighted by Crippen LogP contribution is 2.21. The topological polar surface area (TPSA) is 18.5 Å². The van der Waals surface area contributed by atoms with Crippen LogP contribution in [-0.2, 0) is 9.47 Å². The van der Waals surface area contributed by atoms with Gasteiger partial charge in [-0.15, -0.1) is 11.6 Å². The number of alkyl halides is 1. The van der Waals surface area contributed by atoms with Crippen molar-refractivity contribution >= 4 is 23.2 Å². The van der Waals surface area contributed by atoms with E-state index in [0.29, 0.717) is 10.9 Å². The van der Waals surface area contributed by atoms with Crippen molar-refractivity contribution in [1.29, 1.82) is 0 Å². The molecule has 0 radical (unpaired) electrons. The SMILES string of the molecule is COCOC(CCl)c1cccc(Cl)c1. The Labute approximate surface area is 93.7 Å². The van der Waals surface area contributed by atoms with E-state index in [1.165, 1.54) is 0 Å². The number of halogens is 2. The standard InChI is InChI=1S/C10H12Cl2O2/c1-13-7-14-10(6-11)8-3-2-4-9(12)5-8/h2-5,10H,6-7H2,1H3. The van der Waals surface area contributed by atoms with Gasteiger partial charge < -0.3 is 9.47 Å². The van der Waals surface area contributed by atoms with Gasteiger partial charge in [0.05, 0.1) is 12.0 Å². The summed E-state index contributed by atoms with van der Waals surface area (Å²) in [6.45, 7) is 0.226. The molecule has 0 saturated heterocycles. The number of hydrogen-bond donors (Lipinski definition) is 0. The summed E-state index contributed by atoms with van der Waals surface area (Å²) in [7, 11) is 1.57. The largest absolute Gasteiger partial charge is 0.359 e. The van der Waals surface area contributed by atoms with Crippen LogP contribution >= 0.6 is 23.2 Å². The Kier molecular flexibility index (Phi) is 5.26. The van der Waals surface area contributed by atoms with Gasteiger partial charge in [0, 0.05) is 12.1 Å². The van der Waals surface area contributed by atoms with E-state index in [0.717, 1.165) is 5.56 Å². The lowest BCUT2D eigenvalue weighted by Gasteiger charge is -2.14. The van der Waals surface area contributed by atoms with Gasteiger partial charge in [0.25, 0.3) is 0 Å². The van der Waals surface area contributed by atoms with Gasteiger partial charge in [0.2, 0.25) is 0 Å². The summed E-state index contributed by atoms with van der Waals surface area (Å²) in [5.41, 5.74) is 0.963. The number of rotatable bonds is 5. The lowest BCUT2D eigenvalue weighted by molar-refractivity contribution is -0.0654. The van der Waals surface area contributed by atoms with Crippen LogP contribution in [-0.4, -0.2) is 19.8 Å². The van der Waals surface area contributed by atoms with E-state index in [1.54, 1.807) is 7.11 Å². The fourth-order valence-corrected chi connectivity index (χ4v) is 1.55. The molecular weight excluding hydrogens is 223 g/mol. The Hall–Kier alpha value is -0.280. The first-order chi connectivity index (χ1) is 6.77. The molecule has 4 heteroatoms. The number of ether oxygens (including phenoxy) is 2. The predicted octanol–water partition coefficient (Wildman–Crippen LogP) is 3.24. The third-order valence-corrected chi connectivity index (χ3v) is 2.26. The number of methoxy groups -OCH3 is 1. The van der Waals surface area contributed by atoms with Gasteiger partial charge >= 0.3 is 0 Å². The smallest absolute Gasteiger partial charge is 0.147 e. The van der Waals surface area contributed by atoms with Crippen LogP contribution in [0.1, 0.15) is 11.7 Å². The Bertz CT molecular complexity index is 279. The van der Waals surface area contributed by atoms with Crippen LogP contribution in [0, 0.1) is 0 Å². The van der Waals surface area contributed by atoms with E-state index >= 15 is 0 Å². The Morgan fingerprint density at radius 3 is 2.79 bits per heavy atom. The first kappa shape index (κ1) is 11.8. The van der Waals surface area contributed by atoms with E-state index in [1.807, 2.05) is 24.3 Å². The van der Waals surface area contributed by atoms with Gasteiger partial charge in [-0.05, 0) is 17.7 Å². The summed E-state index contributed by atoms with van der Waals surface area (Å²) < 4.78 is 10.2. The van der Waals surface area contributed by atoms with Crippen molar-refractivity contribution in [3.63, 3.8) is 0 Å². The van der Waals surface area contributed by atoms with Crippen LogP contribution in [0.5, 0.6) is 0 Å². The molecule has 1 aromatic carbocycles. The van der Waals surface area contributed by atoms with Crippen LogP contribution in [0.25, 0.3) is 0 Å². The van der Waals surface area contributed by atoms with Crippen molar-refractivity contribution in [3.8, 4) is 0 Å². The Morgan fingerprint density at radius 1 is 1.43 bits per heavy atom. The number of benzene rings is 1. The molecule has 0 aliphatic carbocycles. The highest BCUT2D eigenvalue weighted by Gasteiger charge is 2.10. The molecule has 1 rings (SSSR count). The molecule has 2 nitrogen and oxygen atoms in total. The monoisotopic (exact) mass is 234 g/mol. The van der Waals surface area contributed by atoms with Crippen LogP contribution in [0.2, 0.25) is 5.02 Å². The molecule has 1 aromatic rings.